The zero-order valence-corrected chi connectivity index (χ0v) is 33.0. The summed E-state index contributed by atoms with van der Waals surface area (Å²) >= 11 is 0. The Morgan fingerprint density at radius 1 is 0.520 bits per heavy atom. The Morgan fingerprint density at radius 2 is 0.860 bits per heavy atom. The number of hydrogen-bond donors (Lipinski definition) is 3. The third-order valence-electron chi connectivity index (χ3n) is 9.01. The molecule has 3 N–H and O–H groups in total. The number of phosphoric acid groups is 1. The van der Waals surface area contributed by atoms with Gasteiger partial charge in [-0.05, 0) is 12.8 Å². The highest BCUT2D eigenvalue weighted by molar-refractivity contribution is 7.47. The first-order chi connectivity index (χ1) is 24.2. The highest BCUT2D eigenvalue weighted by Gasteiger charge is 2.27. The minimum Gasteiger partial charge on any atom is -0.462 e. The number of carbonyl (C=O) groups excluding carboxylic acids is 2. The van der Waals surface area contributed by atoms with Crippen LogP contribution < -0.4 is 0 Å². The lowest BCUT2D eigenvalue weighted by atomic mass is 10.0. The SMILES string of the molecule is CCCCCCCCCCCCCCCCCCCCC(=O)OC[C@@H](COP(=O)(O)OC[C@H](O)CO)OC(=O)CCCCCCCCCCC. The molecule has 3 atom stereocenters. The summed E-state index contributed by atoms with van der Waals surface area (Å²) in [6, 6.07) is 0. The molecule has 0 bridgehead atoms. The van der Waals surface area contributed by atoms with Crippen LogP contribution in [0.25, 0.3) is 0 Å². The molecule has 0 aliphatic heterocycles. The van der Waals surface area contributed by atoms with Crippen molar-refractivity contribution in [3.05, 3.63) is 0 Å². The number of carbonyl (C=O) groups is 2. The summed E-state index contributed by atoms with van der Waals surface area (Å²) < 4.78 is 32.6. The molecule has 0 saturated carbocycles. The maximum absolute atomic E-state index is 12.5. The van der Waals surface area contributed by atoms with E-state index >= 15 is 0 Å². The number of phosphoric ester groups is 1. The van der Waals surface area contributed by atoms with Crippen LogP contribution in [-0.4, -0.2) is 65.7 Å². The number of unbranched alkanes of at least 4 members (excludes halogenated alkanes) is 25. The largest absolute Gasteiger partial charge is 0.472 e. The summed E-state index contributed by atoms with van der Waals surface area (Å²) in [6.45, 7) is 2.38. The molecule has 0 spiro atoms. The van der Waals surface area contributed by atoms with Crippen molar-refractivity contribution in [3.8, 4) is 0 Å². The monoisotopic (exact) mass is 737 g/mol. The molecule has 50 heavy (non-hydrogen) atoms. The van der Waals surface area contributed by atoms with Crippen molar-refractivity contribution in [1.82, 2.24) is 0 Å². The van der Waals surface area contributed by atoms with E-state index in [-0.39, 0.29) is 19.4 Å². The van der Waals surface area contributed by atoms with Gasteiger partial charge in [0.25, 0.3) is 0 Å². The number of esters is 2. The van der Waals surface area contributed by atoms with Gasteiger partial charge in [-0.2, -0.15) is 0 Å². The zero-order valence-electron chi connectivity index (χ0n) is 32.1. The molecule has 0 aromatic carbocycles. The number of aliphatic hydroxyl groups excluding tert-OH is 2. The van der Waals surface area contributed by atoms with Crippen molar-refractivity contribution < 1.29 is 47.8 Å². The standard InChI is InChI=1S/C39H77O10P/c1-3-5-7-9-11-13-14-15-16-17-18-19-20-21-23-24-26-28-30-38(42)46-34-37(35-48-50(44,45)47-33-36(41)32-40)49-39(43)31-29-27-25-22-12-10-8-6-4-2/h36-37,40-41H,3-35H2,1-2H3,(H,44,45)/t36-,37+/m1/s1. The second-order valence-electron chi connectivity index (χ2n) is 14.0. The summed E-state index contributed by atoms with van der Waals surface area (Å²) in [5.41, 5.74) is 0. The third-order valence-corrected chi connectivity index (χ3v) is 9.96. The first kappa shape index (κ1) is 49.0. The van der Waals surface area contributed by atoms with Gasteiger partial charge in [-0.3, -0.25) is 18.6 Å². The van der Waals surface area contributed by atoms with Crippen LogP contribution in [0.2, 0.25) is 0 Å². The van der Waals surface area contributed by atoms with Gasteiger partial charge >= 0.3 is 19.8 Å². The predicted octanol–water partition coefficient (Wildman–Crippen LogP) is 10.3. The Labute approximate surface area is 305 Å². The van der Waals surface area contributed by atoms with E-state index in [0.29, 0.717) is 12.8 Å². The maximum Gasteiger partial charge on any atom is 0.472 e. The van der Waals surface area contributed by atoms with Gasteiger partial charge in [0.2, 0.25) is 0 Å². The summed E-state index contributed by atoms with van der Waals surface area (Å²) in [5, 5.41) is 18.3. The number of rotatable bonds is 39. The zero-order chi connectivity index (χ0) is 37.0. The normalized spacial score (nSPS) is 13.9. The molecule has 0 rings (SSSR count). The average Bonchev–Trinajstić information content (AvgIpc) is 3.10. The van der Waals surface area contributed by atoms with E-state index in [4.69, 9.17) is 19.1 Å². The van der Waals surface area contributed by atoms with Crippen LogP contribution in [0.3, 0.4) is 0 Å². The molecule has 0 heterocycles. The third kappa shape index (κ3) is 35.4. The fourth-order valence-electron chi connectivity index (χ4n) is 5.82. The van der Waals surface area contributed by atoms with Crippen LogP contribution >= 0.6 is 7.82 Å². The van der Waals surface area contributed by atoms with Gasteiger partial charge < -0.3 is 24.6 Å². The minimum absolute atomic E-state index is 0.190. The van der Waals surface area contributed by atoms with Crippen molar-refractivity contribution >= 4 is 19.8 Å². The second-order valence-corrected chi connectivity index (χ2v) is 15.5. The molecule has 1 unspecified atom stereocenters. The highest BCUT2D eigenvalue weighted by Crippen LogP contribution is 2.43. The Bertz CT molecular complexity index is 812. The van der Waals surface area contributed by atoms with Crippen molar-refractivity contribution in [2.75, 3.05) is 26.4 Å². The molecular formula is C39H77O10P. The number of aliphatic hydroxyl groups is 2. The lowest BCUT2D eigenvalue weighted by Gasteiger charge is -2.20. The van der Waals surface area contributed by atoms with Gasteiger partial charge in [0.05, 0.1) is 19.8 Å². The van der Waals surface area contributed by atoms with E-state index < -0.39 is 51.8 Å². The molecule has 0 aliphatic rings. The second kappa shape index (κ2) is 36.3. The van der Waals surface area contributed by atoms with E-state index in [1.165, 1.54) is 128 Å². The van der Waals surface area contributed by atoms with Crippen LogP contribution in [0.15, 0.2) is 0 Å². The van der Waals surface area contributed by atoms with Gasteiger partial charge in [-0.15, -0.1) is 0 Å². The number of ether oxygens (including phenoxy) is 2. The van der Waals surface area contributed by atoms with E-state index in [1.54, 1.807) is 0 Å². The molecule has 0 aliphatic carbocycles. The number of hydrogen-bond acceptors (Lipinski definition) is 9. The van der Waals surface area contributed by atoms with E-state index in [9.17, 15) is 24.2 Å². The van der Waals surface area contributed by atoms with E-state index in [1.807, 2.05) is 0 Å². The molecule has 0 aromatic heterocycles. The van der Waals surface area contributed by atoms with Crippen molar-refractivity contribution in [2.24, 2.45) is 0 Å². The molecule has 0 amide bonds. The van der Waals surface area contributed by atoms with Gasteiger partial charge in [0.15, 0.2) is 6.10 Å². The van der Waals surface area contributed by atoms with E-state index in [0.717, 1.165) is 32.1 Å². The van der Waals surface area contributed by atoms with Crippen LogP contribution in [-0.2, 0) is 32.7 Å². The molecule has 0 saturated heterocycles. The topological polar surface area (TPSA) is 149 Å². The smallest absolute Gasteiger partial charge is 0.462 e. The van der Waals surface area contributed by atoms with Gasteiger partial charge in [-0.1, -0.05) is 174 Å². The molecular weight excluding hydrogens is 659 g/mol. The molecule has 298 valence electrons. The molecule has 0 radical (unpaired) electrons. The van der Waals surface area contributed by atoms with Crippen LogP contribution in [0, 0.1) is 0 Å². The average molecular weight is 737 g/mol. The predicted molar refractivity (Wildman–Crippen MR) is 201 cm³/mol. The van der Waals surface area contributed by atoms with E-state index in [2.05, 4.69) is 18.4 Å². The Balaban J connectivity index is 4.18. The molecule has 0 aromatic rings. The first-order valence-corrected chi connectivity index (χ1v) is 22.0. The Morgan fingerprint density at radius 3 is 1.24 bits per heavy atom. The fourth-order valence-corrected chi connectivity index (χ4v) is 6.61. The van der Waals surface area contributed by atoms with Crippen molar-refractivity contribution in [1.29, 1.82) is 0 Å². The molecule has 0 fully saturated rings. The lowest BCUT2D eigenvalue weighted by molar-refractivity contribution is -0.161. The first-order valence-electron chi connectivity index (χ1n) is 20.5. The van der Waals surface area contributed by atoms with Gasteiger partial charge in [-0.25, -0.2) is 4.57 Å². The van der Waals surface area contributed by atoms with Crippen molar-refractivity contribution in [2.45, 2.75) is 212 Å². The molecule has 10 nitrogen and oxygen atoms in total. The maximum atomic E-state index is 12.5. The summed E-state index contributed by atoms with van der Waals surface area (Å²) in [4.78, 5) is 34.8. The lowest BCUT2D eigenvalue weighted by Crippen LogP contribution is -2.29. The summed E-state index contributed by atoms with van der Waals surface area (Å²) in [5.74, 6) is -0.915. The highest BCUT2D eigenvalue weighted by atomic mass is 31.2. The molecule has 11 heteroatoms. The summed E-state index contributed by atoms with van der Waals surface area (Å²) in [7, 11) is -4.60. The van der Waals surface area contributed by atoms with Crippen LogP contribution in [0.1, 0.15) is 200 Å². The van der Waals surface area contributed by atoms with Crippen LogP contribution in [0.5, 0.6) is 0 Å². The Hall–Kier alpha value is -1.03. The van der Waals surface area contributed by atoms with Gasteiger partial charge in [0.1, 0.15) is 12.7 Å². The van der Waals surface area contributed by atoms with Crippen molar-refractivity contribution in [3.63, 3.8) is 0 Å². The fraction of sp³-hybridized carbons (Fsp3) is 0.949. The quantitative estimate of drug-likeness (QED) is 0.0316. The minimum atomic E-state index is -4.60. The Kier molecular flexibility index (Phi) is 35.6. The van der Waals surface area contributed by atoms with Gasteiger partial charge in [0, 0.05) is 12.8 Å². The van der Waals surface area contributed by atoms with Crippen LogP contribution in [0.4, 0.5) is 0 Å². The summed E-state index contributed by atoms with van der Waals surface area (Å²) in [6.07, 6.45) is 30.8.